The smallest absolute Gasteiger partial charge is 0.288 e. The van der Waals surface area contributed by atoms with Crippen molar-refractivity contribution in [2.75, 3.05) is 5.32 Å². The number of aromatic nitrogens is 1. The summed E-state index contributed by atoms with van der Waals surface area (Å²) >= 11 is 0.460. The van der Waals surface area contributed by atoms with Crippen molar-refractivity contribution in [1.82, 2.24) is 4.98 Å². The molecule has 2 aromatic rings. The molecule has 0 fully saturated rings. The number of alkyl halides is 2. The molecule has 0 saturated carbocycles. The second-order valence-electron chi connectivity index (χ2n) is 4.42. The molecular formula is C15H13F2N3S. The maximum absolute atomic E-state index is 12.6. The van der Waals surface area contributed by atoms with E-state index in [1.165, 1.54) is 0 Å². The van der Waals surface area contributed by atoms with Gasteiger partial charge in [-0.1, -0.05) is 23.9 Å². The zero-order valence-corrected chi connectivity index (χ0v) is 12.3. The molecule has 1 aromatic carbocycles. The Bertz CT molecular complexity index is 696. The number of halogens is 2. The van der Waals surface area contributed by atoms with E-state index >= 15 is 0 Å². The standard InChI is InChI=1S/C15H13F2N3S/c1-9-7-10(2)19-14(11(9)8-18)20-12-5-3-4-6-13(12)21-15(16)17/h3-7,15H,1-2H3,(H,19,20). The minimum absolute atomic E-state index is 0.386. The molecule has 0 aliphatic rings. The third kappa shape index (κ3) is 3.70. The number of nitrogens with zero attached hydrogens (tertiary/aromatic N) is 2. The van der Waals surface area contributed by atoms with Crippen molar-refractivity contribution in [3.05, 3.63) is 47.2 Å². The van der Waals surface area contributed by atoms with E-state index in [2.05, 4.69) is 16.4 Å². The maximum atomic E-state index is 12.6. The van der Waals surface area contributed by atoms with E-state index in [1.807, 2.05) is 19.9 Å². The number of nitriles is 1. The largest absolute Gasteiger partial charge is 0.338 e. The number of thioether (sulfide) groups is 1. The van der Waals surface area contributed by atoms with Crippen molar-refractivity contribution in [2.45, 2.75) is 24.5 Å². The van der Waals surface area contributed by atoms with Crippen LogP contribution in [0, 0.1) is 25.2 Å². The lowest BCUT2D eigenvalue weighted by Crippen LogP contribution is -2.02. The van der Waals surface area contributed by atoms with Crippen LogP contribution in [0.1, 0.15) is 16.8 Å². The van der Waals surface area contributed by atoms with E-state index in [0.717, 1.165) is 11.3 Å². The van der Waals surface area contributed by atoms with Gasteiger partial charge in [-0.3, -0.25) is 0 Å². The van der Waals surface area contributed by atoms with Gasteiger partial charge >= 0.3 is 0 Å². The summed E-state index contributed by atoms with van der Waals surface area (Å²) in [6, 6.07) is 10.6. The lowest BCUT2D eigenvalue weighted by atomic mass is 10.1. The maximum Gasteiger partial charge on any atom is 0.288 e. The molecule has 0 radical (unpaired) electrons. The number of hydrogen-bond acceptors (Lipinski definition) is 4. The first kappa shape index (κ1) is 15.3. The molecule has 6 heteroatoms. The van der Waals surface area contributed by atoms with Crippen LogP contribution in [0.5, 0.6) is 0 Å². The zero-order valence-electron chi connectivity index (χ0n) is 11.5. The van der Waals surface area contributed by atoms with E-state index in [1.54, 1.807) is 24.3 Å². The van der Waals surface area contributed by atoms with Gasteiger partial charge in [-0.15, -0.1) is 0 Å². The van der Waals surface area contributed by atoms with Crippen molar-refractivity contribution in [2.24, 2.45) is 0 Å². The Morgan fingerprint density at radius 1 is 1.29 bits per heavy atom. The first-order chi connectivity index (χ1) is 10.0. The lowest BCUT2D eigenvalue weighted by molar-refractivity contribution is 0.252. The minimum atomic E-state index is -2.50. The highest BCUT2D eigenvalue weighted by molar-refractivity contribution is 7.99. The van der Waals surface area contributed by atoms with Gasteiger partial charge in [0.2, 0.25) is 0 Å². The molecular weight excluding hydrogens is 292 g/mol. The first-order valence-corrected chi connectivity index (χ1v) is 7.08. The van der Waals surface area contributed by atoms with E-state index in [-0.39, 0.29) is 0 Å². The fourth-order valence-corrected chi connectivity index (χ4v) is 2.56. The van der Waals surface area contributed by atoms with Crippen LogP contribution in [0.25, 0.3) is 0 Å². The van der Waals surface area contributed by atoms with Gasteiger partial charge in [0.25, 0.3) is 5.76 Å². The average molecular weight is 305 g/mol. The fourth-order valence-electron chi connectivity index (χ4n) is 1.96. The Labute approximate surface area is 126 Å². The van der Waals surface area contributed by atoms with Crippen LogP contribution in [0.3, 0.4) is 0 Å². The lowest BCUT2D eigenvalue weighted by Gasteiger charge is -2.13. The summed E-state index contributed by atoms with van der Waals surface area (Å²) in [5.41, 5.74) is 2.48. The number of benzene rings is 1. The molecule has 1 N–H and O–H groups in total. The molecule has 0 saturated heterocycles. The Hall–Kier alpha value is -2.13. The van der Waals surface area contributed by atoms with E-state index < -0.39 is 5.76 Å². The van der Waals surface area contributed by atoms with Crippen molar-refractivity contribution in [1.29, 1.82) is 5.26 Å². The summed E-state index contributed by atoms with van der Waals surface area (Å²) in [7, 11) is 0. The average Bonchev–Trinajstić information content (AvgIpc) is 2.40. The molecule has 108 valence electrons. The number of hydrogen-bond donors (Lipinski definition) is 1. The first-order valence-electron chi connectivity index (χ1n) is 6.20. The second kappa shape index (κ2) is 6.55. The molecule has 2 rings (SSSR count). The van der Waals surface area contributed by atoms with Crippen LogP contribution in [-0.4, -0.2) is 10.7 Å². The highest BCUT2D eigenvalue weighted by Gasteiger charge is 2.13. The van der Waals surface area contributed by atoms with Gasteiger partial charge in [0.05, 0.1) is 11.3 Å². The summed E-state index contributed by atoms with van der Waals surface area (Å²) in [5.74, 6) is -2.12. The van der Waals surface area contributed by atoms with Crippen LogP contribution in [0.4, 0.5) is 20.3 Å². The topological polar surface area (TPSA) is 48.7 Å². The molecule has 0 atom stereocenters. The van der Waals surface area contributed by atoms with Gasteiger partial charge in [0, 0.05) is 10.6 Å². The molecule has 0 aliphatic heterocycles. The predicted octanol–water partition coefficient (Wildman–Crippen LogP) is 4.63. The summed E-state index contributed by atoms with van der Waals surface area (Å²) in [6.07, 6.45) is 0. The van der Waals surface area contributed by atoms with Gasteiger partial charge in [-0.25, -0.2) is 4.98 Å². The van der Waals surface area contributed by atoms with E-state index in [4.69, 9.17) is 0 Å². The van der Waals surface area contributed by atoms with E-state index in [9.17, 15) is 14.0 Å². The Balaban J connectivity index is 2.42. The molecule has 0 unspecified atom stereocenters. The van der Waals surface area contributed by atoms with Crippen molar-refractivity contribution < 1.29 is 8.78 Å². The highest BCUT2D eigenvalue weighted by Crippen LogP contribution is 2.33. The molecule has 3 nitrogen and oxygen atoms in total. The highest BCUT2D eigenvalue weighted by atomic mass is 32.2. The molecule has 0 spiro atoms. The summed E-state index contributed by atoms with van der Waals surface area (Å²) in [5, 5.41) is 12.2. The monoisotopic (exact) mass is 305 g/mol. The molecule has 1 aromatic heterocycles. The Kier molecular flexibility index (Phi) is 4.76. The van der Waals surface area contributed by atoms with Crippen LogP contribution in [-0.2, 0) is 0 Å². The Morgan fingerprint density at radius 2 is 2.00 bits per heavy atom. The van der Waals surface area contributed by atoms with Crippen LogP contribution in [0.2, 0.25) is 0 Å². The van der Waals surface area contributed by atoms with Crippen molar-refractivity contribution >= 4 is 23.3 Å². The number of rotatable bonds is 4. The SMILES string of the molecule is Cc1cc(C)c(C#N)c(Nc2ccccc2SC(F)F)n1. The third-order valence-corrected chi connectivity index (χ3v) is 3.60. The molecule has 21 heavy (non-hydrogen) atoms. The van der Waals surface area contributed by atoms with Crippen molar-refractivity contribution in [3.63, 3.8) is 0 Å². The second-order valence-corrected chi connectivity index (χ2v) is 5.45. The normalized spacial score (nSPS) is 10.5. The quantitative estimate of drug-likeness (QED) is 0.837. The van der Waals surface area contributed by atoms with Gasteiger partial charge in [0.15, 0.2) is 0 Å². The van der Waals surface area contributed by atoms with Gasteiger partial charge in [-0.2, -0.15) is 14.0 Å². The van der Waals surface area contributed by atoms with Gasteiger partial charge < -0.3 is 5.32 Å². The summed E-state index contributed by atoms with van der Waals surface area (Å²) < 4.78 is 25.2. The number of aryl methyl sites for hydroxylation is 2. The molecule has 0 aliphatic carbocycles. The zero-order chi connectivity index (χ0) is 15.4. The summed E-state index contributed by atoms with van der Waals surface area (Å²) in [4.78, 5) is 4.70. The van der Waals surface area contributed by atoms with E-state index in [0.29, 0.717) is 33.7 Å². The fraction of sp³-hybridized carbons (Fsp3) is 0.200. The van der Waals surface area contributed by atoms with Crippen LogP contribution >= 0.6 is 11.8 Å². The minimum Gasteiger partial charge on any atom is -0.338 e. The third-order valence-electron chi connectivity index (χ3n) is 2.81. The van der Waals surface area contributed by atoms with Crippen LogP contribution < -0.4 is 5.32 Å². The Morgan fingerprint density at radius 3 is 2.67 bits per heavy atom. The molecule has 0 amide bonds. The number of anilines is 2. The predicted molar refractivity (Wildman–Crippen MR) is 80.0 cm³/mol. The number of pyridine rings is 1. The molecule has 0 bridgehead atoms. The number of para-hydroxylation sites is 1. The van der Waals surface area contributed by atoms with Gasteiger partial charge in [0.1, 0.15) is 11.9 Å². The van der Waals surface area contributed by atoms with Gasteiger partial charge in [-0.05, 0) is 37.6 Å². The summed E-state index contributed by atoms with van der Waals surface area (Å²) in [6.45, 7) is 3.64. The van der Waals surface area contributed by atoms with Crippen LogP contribution in [0.15, 0.2) is 35.2 Å². The molecule has 1 heterocycles. The van der Waals surface area contributed by atoms with Crippen molar-refractivity contribution in [3.8, 4) is 6.07 Å². The number of nitrogens with one attached hydrogen (secondary N) is 1.